The predicted molar refractivity (Wildman–Crippen MR) is 291 cm³/mol. The molecule has 8 aromatic rings. The molecule has 0 bridgehead atoms. The monoisotopic (exact) mass is 933 g/mol. The van der Waals surface area contributed by atoms with E-state index in [1.54, 1.807) is 0 Å². The molecule has 70 heavy (non-hydrogen) atoms. The van der Waals surface area contributed by atoms with E-state index >= 15 is 0 Å². The highest BCUT2D eigenvalue weighted by molar-refractivity contribution is 5.60. The van der Waals surface area contributed by atoms with Crippen LogP contribution < -0.4 is 39.4 Å². The van der Waals surface area contributed by atoms with Gasteiger partial charge in [-0.15, -0.1) is 0 Å². The van der Waals surface area contributed by atoms with Crippen LogP contribution in [0, 0.1) is 0 Å². The first-order valence-electron chi connectivity index (χ1n) is 22.9. The number of ether oxygens (including phenoxy) is 4. The van der Waals surface area contributed by atoms with Crippen LogP contribution in [0.5, 0.6) is 23.0 Å². The predicted octanol–water partition coefficient (Wildman–Crippen LogP) is 14.9. The second kappa shape index (κ2) is 23.0. The molecule has 0 saturated carbocycles. The lowest BCUT2D eigenvalue weighted by Crippen LogP contribution is -2.31. The number of hydrogen-bond donors (Lipinski definition) is 2. The van der Waals surface area contributed by atoms with Gasteiger partial charge in [0.15, 0.2) is 13.5 Å². The maximum atomic E-state index is 5.92. The fourth-order valence-electron chi connectivity index (χ4n) is 9.12. The van der Waals surface area contributed by atoms with E-state index in [1.807, 2.05) is 60.7 Å². The molecule has 0 spiro atoms. The average Bonchev–Trinajstić information content (AvgIpc) is 3.39. The summed E-state index contributed by atoms with van der Waals surface area (Å²) in [4.78, 5) is 4.52. The highest BCUT2D eigenvalue weighted by Gasteiger charge is 2.22. The SMILES string of the molecule is C.C.C.C.c1ccc2c(c1)CN(c1ccc(Cc3ccc(C4COc5ccccc5N4)cc3)cc1)CO2.c1ccc2c(c1)CN(c1ccc(Cc3ccc(C4COc5ccccc5N4)cc3)cc1)CO2. The van der Waals surface area contributed by atoms with Gasteiger partial charge in [0, 0.05) is 35.6 Å². The second-order valence-corrected chi connectivity index (χ2v) is 17.3. The van der Waals surface area contributed by atoms with Crippen molar-refractivity contribution in [3.05, 3.63) is 239 Å². The summed E-state index contributed by atoms with van der Waals surface area (Å²) in [5.74, 6) is 3.84. The Kier molecular flexibility index (Phi) is 16.4. The Balaban J connectivity index is 0.000000195. The van der Waals surface area contributed by atoms with Gasteiger partial charge >= 0.3 is 0 Å². The Morgan fingerprint density at radius 3 is 1.07 bits per heavy atom. The molecule has 0 saturated heterocycles. The maximum absolute atomic E-state index is 5.92. The zero-order valence-corrected chi connectivity index (χ0v) is 36.8. The van der Waals surface area contributed by atoms with Crippen molar-refractivity contribution in [2.45, 2.75) is 67.7 Å². The highest BCUT2D eigenvalue weighted by atomic mass is 16.5. The average molecular weight is 933 g/mol. The summed E-state index contributed by atoms with van der Waals surface area (Å²) in [5, 5.41) is 7.17. The Labute approximate surface area is 416 Å². The molecular weight excluding hydrogens is 865 g/mol. The molecule has 4 aliphatic rings. The van der Waals surface area contributed by atoms with Gasteiger partial charge in [-0.1, -0.05) is 163 Å². The molecule has 4 aliphatic heterocycles. The molecule has 0 fully saturated rings. The maximum Gasteiger partial charge on any atom is 0.161 e. The molecule has 4 heterocycles. The molecule has 360 valence electrons. The topological polar surface area (TPSA) is 67.5 Å². The molecule has 0 radical (unpaired) electrons. The molecule has 8 heteroatoms. The van der Waals surface area contributed by atoms with Crippen LogP contribution in [0.25, 0.3) is 0 Å². The van der Waals surface area contributed by atoms with Crippen molar-refractivity contribution >= 4 is 22.7 Å². The Bertz CT molecular complexity index is 2510. The van der Waals surface area contributed by atoms with Gasteiger partial charge in [0.1, 0.15) is 36.2 Å². The number of benzene rings is 8. The van der Waals surface area contributed by atoms with Crippen LogP contribution in [0.2, 0.25) is 0 Å². The van der Waals surface area contributed by atoms with Crippen LogP contribution in [0.4, 0.5) is 22.7 Å². The van der Waals surface area contributed by atoms with Crippen LogP contribution in [-0.4, -0.2) is 26.7 Å². The summed E-state index contributed by atoms with van der Waals surface area (Å²) in [7, 11) is 0. The minimum atomic E-state index is 0. The van der Waals surface area contributed by atoms with Gasteiger partial charge in [0.2, 0.25) is 0 Å². The van der Waals surface area contributed by atoms with E-state index < -0.39 is 0 Å². The van der Waals surface area contributed by atoms with Crippen molar-refractivity contribution in [3.63, 3.8) is 0 Å². The number of nitrogens with one attached hydrogen (secondary N) is 2. The molecule has 0 aliphatic carbocycles. The van der Waals surface area contributed by atoms with Crippen LogP contribution in [0.15, 0.2) is 194 Å². The number of anilines is 4. The lowest BCUT2D eigenvalue weighted by atomic mass is 10.00. The summed E-state index contributed by atoms with van der Waals surface area (Å²) in [6, 6.07) is 68.5. The van der Waals surface area contributed by atoms with E-state index in [0.717, 1.165) is 60.3 Å². The van der Waals surface area contributed by atoms with Crippen LogP contribution >= 0.6 is 0 Å². The highest BCUT2D eigenvalue weighted by Crippen LogP contribution is 2.36. The molecule has 12 rings (SSSR count). The lowest BCUT2D eigenvalue weighted by molar-refractivity contribution is 0.286. The van der Waals surface area contributed by atoms with Gasteiger partial charge in [-0.2, -0.15) is 0 Å². The van der Waals surface area contributed by atoms with E-state index in [-0.39, 0.29) is 41.8 Å². The van der Waals surface area contributed by atoms with Gasteiger partial charge in [-0.05, 0) is 107 Å². The first-order valence-corrected chi connectivity index (χ1v) is 22.9. The first kappa shape index (κ1) is 50.0. The summed E-state index contributed by atoms with van der Waals surface area (Å²) >= 11 is 0. The summed E-state index contributed by atoms with van der Waals surface area (Å²) in [5.41, 5.74) is 14.7. The van der Waals surface area contributed by atoms with Crippen molar-refractivity contribution in [2.24, 2.45) is 0 Å². The number of nitrogens with zero attached hydrogens (tertiary/aromatic N) is 2. The molecular formula is C62H68N4O4. The van der Waals surface area contributed by atoms with Crippen molar-refractivity contribution in [1.29, 1.82) is 0 Å². The third-order valence-electron chi connectivity index (χ3n) is 12.8. The van der Waals surface area contributed by atoms with Crippen molar-refractivity contribution in [1.82, 2.24) is 0 Å². The summed E-state index contributed by atoms with van der Waals surface area (Å²) in [6.07, 6.45) is 1.83. The third kappa shape index (κ3) is 11.4. The van der Waals surface area contributed by atoms with E-state index in [4.69, 9.17) is 18.9 Å². The number of para-hydroxylation sites is 6. The number of hydrogen-bond acceptors (Lipinski definition) is 8. The standard InChI is InChI=1S/2C29H26N2O2.4CH4/c2*1-3-7-28-24(5-1)18-31(20-33-28)25-15-11-22(12-16-25)17-21-9-13-23(14-10-21)27-19-32-29-8-4-2-6-26(29)30-27;;;;/h2*1-16,27,30H,17-20H2;4*1H4. The van der Waals surface area contributed by atoms with Gasteiger partial charge < -0.3 is 39.4 Å². The Morgan fingerprint density at radius 1 is 0.357 bits per heavy atom. The van der Waals surface area contributed by atoms with Gasteiger partial charge in [-0.25, -0.2) is 0 Å². The lowest BCUT2D eigenvalue weighted by Gasteiger charge is -2.30. The molecule has 2 atom stereocenters. The molecule has 2 N–H and O–H groups in total. The van der Waals surface area contributed by atoms with Crippen LogP contribution in [0.3, 0.4) is 0 Å². The zero-order valence-electron chi connectivity index (χ0n) is 36.8. The number of fused-ring (bicyclic) bond motifs is 4. The summed E-state index contributed by atoms with van der Waals surface area (Å²) in [6.45, 7) is 4.20. The smallest absolute Gasteiger partial charge is 0.161 e. The van der Waals surface area contributed by atoms with E-state index in [2.05, 4.69) is 154 Å². The normalized spacial score (nSPS) is 15.7. The van der Waals surface area contributed by atoms with Crippen LogP contribution in [0.1, 0.15) is 86.3 Å². The van der Waals surface area contributed by atoms with Gasteiger partial charge in [0.05, 0.1) is 23.5 Å². The summed E-state index contributed by atoms with van der Waals surface area (Å²) < 4.78 is 23.7. The van der Waals surface area contributed by atoms with E-state index in [0.29, 0.717) is 26.7 Å². The van der Waals surface area contributed by atoms with Crippen molar-refractivity contribution in [2.75, 3.05) is 47.1 Å². The third-order valence-corrected chi connectivity index (χ3v) is 12.8. The minimum Gasteiger partial charge on any atom is -0.489 e. The molecule has 8 nitrogen and oxygen atoms in total. The Morgan fingerprint density at radius 2 is 0.686 bits per heavy atom. The fraction of sp³-hybridized carbons (Fsp3) is 0.226. The Hall–Kier alpha value is -7.84. The van der Waals surface area contributed by atoms with Gasteiger partial charge in [-0.3, -0.25) is 0 Å². The van der Waals surface area contributed by atoms with Crippen molar-refractivity contribution < 1.29 is 18.9 Å². The molecule has 2 unspecified atom stereocenters. The fourth-order valence-corrected chi connectivity index (χ4v) is 9.12. The van der Waals surface area contributed by atoms with E-state index in [1.165, 1.54) is 55.9 Å². The zero-order chi connectivity index (χ0) is 44.1. The van der Waals surface area contributed by atoms with Crippen LogP contribution in [-0.2, 0) is 25.9 Å². The van der Waals surface area contributed by atoms with E-state index in [9.17, 15) is 0 Å². The number of rotatable bonds is 8. The molecule has 0 aromatic heterocycles. The first-order chi connectivity index (χ1) is 32.6. The molecule has 8 aromatic carbocycles. The molecule has 0 amide bonds. The largest absolute Gasteiger partial charge is 0.489 e. The van der Waals surface area contributed by atoms with Crippen molar-refractivity contribution in [3.8, 4) is 23.0 Å². The quantitative estimate of drug-likeness (QED) is 0.156. The minimum absolute atomic E-state index is 0. The van der Waals surface area contributed by atoms with Gasteiger partial charge in [0.25, 0.3) is 0 Å². The second-order valence-electron chi connectivity index (χ2n) is 17.3.